The maximum absolute atomic E-state index is 13.3. The standard InChI is InChI=1S/C14H9ClF2N4S/c15-13-7-11(17)5-4-9(13)8-22-14-18-19-20-21(14)12-3-1-2-10(16)6-12/h1-7H,8H2. The average molecular weight is 339 g/mol. The molecule has 0 fully saturated rings. The van der Waals surface area contributed by atoms with Crippen LogP contribution in [0.2, 0.25) is 5.02 Å². The van der Waals surface area contributed by atoms with E-state index in [1.807, 2.05) is 0 Å². The zero-order valence-corrected chi connectivity index (χ0v) is 12.7. The molecule has 0 spiro atoms. The summed E-state index contributed by atoms with van der Waals surface area (Å²) >= 11 is 7.31. The molecule has 1 heterocycles. The van der Waals surface area contributed by atoms with E-state index >= 15 is 0 Å². The summed E-state index contributed by atoms with van der Waals surface area (Å²) < 4.78 is 27.7. The lowest BCUT2D eigenvalue weighted by Gasteiger charge is -2.05. The van der Waals surface area contributed by atoms with Gasteiger partial charge in [-0.1, -0.05) is 35.5 Å². The first-order valence-corrected chi connectivity index (χ1v) is 7.61. The zero-order valence-electron chi connectivity index (χ0n) is 11.1. The number of tetrazole rings is 1. The third-order valence-corrected chi connectivity index (χ3v) is 4.19. The van der Waals surface area contributed by atoms with E-state index in [9.17, 15) is 8.78 Å². The smallest absolute Gasteiger partial charge is 0.207 e. The van der Waals surface area contributed by atoms with Crippen LogP contribution >= 0.6 is 23.4 Å². The monoisotopic (exact) mass is 338 g/mol. The highest BCUT2D eigenvalue weighted by Gasteiger charge is 2.11. The lowest BCUT2D eigenvalue weighted by molar-refractivity contribution is 0.623. The number of hydrogen-bond donors (Lipinski definition) is 0. The summed E-state index contributed by atoms with van der Waals surface area (Å²) in [4.78, 5) is 0. The van der Waals surface area contributed by atoms with Gasteiger partial charge in [0.2, 0.25) is 5.16 Å². The SMILES string of the molecule is Fc1cccc(-n2nnnc2SCc2ccc(F)cc2Cl)c1. The van der Waals surface area contributed by atoms with Crippen LogP contribution in [-0.2, 0) is 5.75 Å². The highest BCUT2D eigenvalue weighted by molar-refractivity contribution is 7.98. The summed E-state index contributed by atoms with van der Waals surface area (Å²) in [5.41, 5.74) is 1.29. The number of nitrogens with zero attached hydrogens (tertiary/aromatic N) is 4. The minimum absolute atomic E-state index is 0.345. The Hall–Kier alpha value is -1.99. The molecule has 0 aliphatic carbocycles. The maximum Gasteiger partial charge on any atom is 0.214 e. The van der Waals surface area contributed by atoms with E-state index in [0.29, 0.717) is 21.6 Å². The van der Waals surface area contributed by atoms with Gasteiger partial charge in [0, 0.05) is 10.8 Å². The van der Waals surface area contributed by atoms with Gasteiger partial charge in [0.1, 0.15) is 11.6 Å². The van der Waals surface area contributed by atoms with Crippen molar-refractivity contribution < 1.29 is 8.78 Å². The van der Waals surface area contributed by atoms with E-state index in [1.165, 1.54) is 40.7 Å². The topological polar surface area (TPSA) is 43.6 Å². The van der Waals surface area contributed by atoms with Gasteiger partial charge < -0.3 is 0 Å². The number of thioether (sulfide) groups is 1. The van der Waals surface area contributed by atoms with Crippen LogP contribution < -0.4 is 0 Å². The molecule has 4 nitrogen and oxygen atoms in total. The number of benzene rings is 2. The van der Waals surface area contributed by atoms with Gasteiger partial charge in [0.05, 0.1) is 5.69 Å². The summed E-state index contributed by atoms with van der Waals surface area (Å²) in [6, 6.07) is 10.2. The summed E-state index contributed by atoms with van der Waals surface area (Å²) in [6.07, 6.45) is 0. The van der Waals surface area contributed by atoms with E-state index in [1.54, 1.807) is 18.2 Å². The van der Waals surface area contributed by atoms with Crippen LogP contribution in [0.1, 0.15) is 5.56 Å². The number of aromatic nitrogens is 4. The molecule has 0 aliphatic rings. The Balaban J connectivity index is 1.81. The molecule has 0 N–H and O–H groups in total. The summed E-state index contributed by atoms with van der Waals surface area (Å²) in [5.74, 6) is -0.289. The fourth-order valence-corrected chi connectivity index (χ4v) is 3.03. The van der Waals surface area contributed by atoms with Crippen LogP contribution in [0.25, 0.3) is 5.69 Å². The molecule has 0 bridgehead atoms. The molecular formula is C14H9ClF2N4S. The van der Waals surface area contributed by atoms with E-state index < -0.39 is 0 Å². The number of rotatable bonds is 4. The van der Waals surface area contributed by atoms with Crippen molar-refractivity contribution in [2.75, 3.05) is 0 Å². The van der Waals surface area contributed by atoms with E-state index in [2.05, 4.69) is 15.5 Å². The lowest BCUT2D eigenvalue weighted by atomic mass is 10.2. The first-order chi connectivity index (χ1) is 10.6. The van der Waals surface area contributed by atoms with Gasteiger partial charge in [-0.3, -0.25) is 0 Å². The maximum atomic E-state index is 13.3. The summed E-state index contributed by atoms with van der Waals surface area (Å²) in [7, 11) is 0. The number of hydrogen-bond acceptors (Lipinski definition) is 4. The van der Waals surface area contributed by atoms with Gasteiger partial charge in [-0.2, -0.15) is 4.68 Å². The second kappa shape index (κ2) is 6.41. The first-order valence-electron chi connectivity index (χ1n) is 6.24. The molecule has 1 aromatic heterocycles. The van der Waals surface area contributed by atoms with Crippen LogP contribution in [0.3, 0.4) is 0 Å². The van der Waals surface area contributed by atoms with Crippen LogP contribution in [0.15, 0.2) is 47.6 Å². The summed E-state index contributed by atoms with van der Waals surface area (Å²) in [6.45, 7) is 0. The second-order valence-corrected chi connectivity index (χ2v) is 5.73. The lowest BCUT2D eigenvalue weighted by Crippen LogP contribution is -1.99. The predicted octanol–water partition coefficient (Wildman–Crippen LogP) is 3.89. The van der Waals surface area contributed by atoms with Gasteiger partial charge in [0.25, 0.3) is 0 Å². The van der Waals surface area contributed by atoms with Gasteiger partial charge in [-0.05, 0) is 46.3 Å². The van der Waals surface area contributed by atoms with Crippen molar-refractivity contribution in [3.8, 4) is 5.69 Å². The largest absolute Gasteiger partial charge is 0.214 e. The van der Waals surface area contributed by atoms with Crippen LogP contribution in [0, 0.1) is 11.6 Å². The van der Waals surface area contributed by atoms with Crippen molar-refractivity contribution in [3.05, 3.63) is 64.7 Å². The minimum Gasteiger partial charge on any atom is -0.207 e. The molecule has 0 amide bonds. The molecule has 0 radical (unpaired) electrons. The van der Waals surface area contributed by atoms with Gasteiger partial charge in [-0.15, -0.1) is 5.10 Å². The average Bonchev–Trinajstić information content (AvgIpc) is 2.95. The third-order valence-electron chi connectivity index (χ3n) is 2.87. The van der Waals surface area contributed by atoms with Crippen molar-refractivity contribution in [3.63, 3.8) is 0 Å². The highest BCUT2D eigenvalue weighted by atomic mass is 35.5. The van der Waals surface area contributed by atoms with Gasteiger partial charge in [-0.25, -0.2) is 8.78 Å². The summed E-state index contributed by atoms with van der Waals surface area (Å²) in [5, 5.41) is 12.2. The van der Waals surface area contributed by atoms with Crippen LogP contribution in [0.4, 0.5) is 8.78 Å². The zero-order chi connectivity index (χ0) is 15.5. The van der Waals surface area contributed by atoms with Gasteiger partial charge in [0.15, 0.2) is 0 Å². The highest BCUT2D eigenvalue weighted by Crippen LogP contribution is 2.27. The van der Waals surface area contributed by atoms with E-state index in [-0.39, 0.29) is 11.6 Å². The predicted molar refractivity (Wildman–Crippen MR) is 80.1 cm³/mol. The molecule has 0 aliphatic heterocycles. The van der Waals surface area contributed by atoms with E-state index in [4.69, 9.17) is 11.6 Å². The normalized spacial score (nSPS) is 10.9. The Morgan fingerprint density at radius 1 is 1.09 bits per heavy atom. The Labute approximate surface area is 134 Å². The Morgan fingerprint density at radius 2 is 1.91 bits per heavy atom. The van der Waals surface area contributed by atoms with Gasteiger partial charge >= 0.3 is 0 Å². The molecule has 2 aromatic carbocycles. The fraction of sp³-hybridized carbons (Fsp3) is 0.0714. The van der Waals surface area contributed by atoms with Crippen LogP contribution in [-0.4, -0.2) is 20.2 Å². The molecule has 22 heavy (non-hydrogen) atoms. The first kappa shape index (κ1) is 14.9. The van der Waals surface area contributed by atoms with E-state index in [0.717, 1.165) is 5.56 Å². The molecule has 8 heteroatoms. The van der Waals surface area contributed by atoms with Crippen molar-refractivity contribution in [1.29, 1.82) is 0 Å². The van der Waals surface area contributed by atoms with Crippen molar-refractivity contribution in [2.45, 2.75) is 10.9 Å². The van der Waals surface area contributed by atoms with Crippen LogP contribution in [0.5, 0.6) is 0 Å². The second-order valence-electron chi connectivity index (χ2n) is 4.38. The van der Waals surface area contributed by atoms with Crippen molar-refractivity contribution >= 4 is 23.4 Å². The Morgan fingerprint density at radius 3 is 2.68 bits per heavy atom. The third kappa shape index (κ3) is 3.26. The Bertz CT molecular complexity index is 809. The number of halogens is 3. The Kier molecular flexibility index (Phi) is 4.35. The van der Waals surface area contributed by atoms with Crippen molar-refractivity contribution in [1.82, 2.24) is 20.2 Å². The van der Waals surface area contributed by atoms with Crippen molar-refractivity contribution in [2.24, 2.45) is 0 Å². The molecule has 0 unspecified atom stereocenters. The minimum atomic E-state index is -0.386. The fourth-order valence-electron chi connectivity index (χ4n) is 1.82. The molecular weight excluding hydrogens is 330 g/mol. The molecule has 0 saturated heterocycles. The molecule has 3 rings (SSSR count). The molecule has 0 atom stereocenters. The molecule has 112 valence electrons. The molecule has 3 aromatic rings. The molecule has 0 saturated carbocycles. The quantitative estimate of drug-likeness (QED) is 0.677.